The highest BCUT2D eigenvalue weighted by Gasteiger charge is 2.43. The summed E-state index contributed by atoms with van der Waals surface area (Å²) >= 11 is 1.65. The molecule has 122 valence electrons. The molecular weight excluding hydrogens is 298 g/mol. The van der Waals surface area contributed by atoms with E-state index >= 15 is 0 Å². The second kappa shape index (κ2) is 7.11. The third-order valence-electron chi connectivity index (χ3n) is 4.98. The number of nitrogens with zero attached hydrogens (tertiary/aromatic N) is 1. The molecule has 0 bridgehead atoms. The fourth-order valence-electron chi connectivity index (χ4n) is 3.60. The van der Waals surface area contributed by atoms with Crippen LogP contribution in [0.3, 0.4) is 0 Å². The van der Waals surface area contributed by atoms with Crippen molar-refractivity contribution in [1.29, 1.82) is 0 Å². The summed E-state index contributed by atoms with van der Waals surface area (Å²) in [6.45, 7) is 3.33. The number of amides is 1. The molecule has 2 aliphatic heterocycles. The highest BCUT2D eigenvalue weighted by molar-refractivity contribution is 7.07. The fraction of sp³-hybridized carbons (Fsp3) is 0.706. The van der Waals surface area contributed by atoms with Crippen LogP contribution < -0.4 is 0 Å². The zero-order chi connectivity index (χ0) is 15.4. The maximum absolute atomic E-state index is 12.3. The van der Waals surface area contributed by atoms with Gasteiger partial charge in [0.25, 0.3) is 0 Å². The lowest BCUT2D eigenvalue weighted by Gasteiger charge is -2.38. The quantitative estimate of drug-likeness (QED) is 0.836. The van der Waals surface area contributed by atoms with E-state index in [0.29, 0.717) is 12.3 Å². The van der Waals surface area contributed by atoms with E-state index in [1.165, 1.54) is 0 Å². The Hall–Kier alpha value is -0.910. The summed E-state index contributed by atoms with van der Waals surface area (Å²) in [5.74, 6) is 0.871. The zero-order valence-electron chi connectivity index (χ0n) is 13.3. The van der Waals surface area contributed by atoms with E-state index in [4.69, 9.17) is 9.47 Å². The van der Waals surface area contributed by atoms with Crippen LogP contribution in [0.4, 0.5) is 0 Å². The van der Waals surface area contributed by atoms with Crippen molar-refractivity contribution in [2.45, 2.75) is 37.7 Å². The molecule has 4 nitrogen and oxygen atoms in total. The normalized spacial score (nSPS) is 24.0. The highest BCUT2D eigenvalue weighted by Crippen LogP contribution is 2.39. The smallest absolute Gasteiger partial charge is 0.227 e. The van der Waals surface area contributed by atoms with Crippen molar-refractivity contribution < 1.29 is 14.3 Å². The first kappa shape index (κ1) is 16.0. The minimum absolute atomic E-state index is 0.0254. The van der Waals surface area contributed by atoms with Gasteiger partial charge in [-0.2, -0.15) is 11.3 Å². The molecule has 3 rings (SSSR count). The first-order valence-electron chi connectivity index (χ1n) is 8.12. The van der Waals surface area contributed by atoms with E-state index in [1.807, 2.05) is 16.3 Å². The highest BCUT2D eigenvalue weighted by atomic mass is 32.1. The van der Waals surface area contributed by atoms with Gasteiger partial charge < -0.3 is 14.4 Å². The Morgan fingerprint density at radius 1 is 1.50 bits per heavy atom. The minimum Gasteiger partial charge on any atom is -0.385 e. The van der Waals surface area contributed by atoms with E-state index in [0.717, 1.165) is 57.6 Å². The second-order valence-corrected chi connectivity index (χ2v) is 7.31. The van der Waals surface area contributed by atoms with E-state index in [9.17, 15) is 4.79 Å². The standard InChI is InChI=1S/C17H25NO3S/c1-20-8-2-15-11-17(21-12-15)4-6-18(7-5-17)16(19)10-14-3-9-22-13-14/h3,9,13,15H,2,4-8,10-12H2,1H3/t15-/m0/s1. The van der Waals surface area contributed by atoms with Gasteiger partial charge in [-0.1, -0.05) is 0 Å². The summed E-state index contributed by atoms with van der Waals surface area (Å²) in [7, 11) is 1.75. The first-order valence-corrected chi connectivity index (χ1v) is 9.07. The van der Waals surface area contributed by atoms with Crippen LogP contribution in [0.25, 0.3) is 0 Å². The van der Waals surface area contributed by atoms with E-state index < -0.39 is 0 Å². The van der Waals surface area contributed by atoms with Crippen molar-refractivity contribution in [3.63, 3.8) is 0 Å². The molecule has 0 saturated carbocycles. The van der Waals surface area contributed by atoms with Crippen LogP contribution >= 0.6 is 11.3 Å². The Labute approximate surface area is 136 Å². The van der Waals surface area contributed by atoms with Crippen molar-refractivity contribution in [2.75, 3.05) is 33.4 Å². The molecule has 0 unspecified atom stereocenters. The van der Waals surface area contributed by atoms with Crippen LogP contribution in [0.1, 0.15) is 31.2 Å². The molecule has 22 heavy (non-hydrogen) atoms. The van der Waals surface area contributed by atoms with Gasteiger partial charge in [0.1, 0.15) is 0 Å². The third-order valence-corrected chi connectivity index (χ3v) is 5.71. The third kappa shape index (κ3) is 3.70. The molecule has 1 amide bonds. The molecule has 2 fully saturated rings. The summed E-state index contributed by atoms with van der Waals surface area (Å²) < 4.78 is 11.3. The molecule has 0 aliphatic carbocycles. The van der Waals surface area contributed by atoms with Gasteiger partial charge in [-0.25, -0.2) is 0 Å². The van der Waals surface area contributed by atoms with Gasteiger partial charge in [0.15, 0.2) is 0 Å². The van der Waals surface area contributed by atoms with Crippen molar-refractivity contribution in [1.82, 2.24) is 4.90 Å². The predicted molar refractivity (Wildman–Crippen MR) is 87.1 cm³/mol. The largest absolute Gasteiger partial charge is 0.385 e. The average Bonchev–Trinajstić information content (AvgIpc) is 3.16. The van der Waals surface area contributed by atoms with Crippen molar-refractivity contribution in [2.24, 2.45) is 5.92 Å². The first-order chi connectivity index (χ1) is 10.7. The summed E-state index contributed by atoms with van der Waals surface area (Å²) in [5, 5.41) is 4.09. The second-order valence-electron chi connectivity index (χ2n) is 6.53. The predicted octanol–water partition coefficient (Wildman–Crippen LogP) is 2.72. The number of thiophene rings is 1. The fourth-order valence-corrected chi connectivity index (χ4v) is 4.27. The van der Waals surface area contributed by atoms with E-state index in [2.05, 4.69) is 5.38 Å². The van der Waals surface area contributed by atoms with Crippen molar-refractivity contribution in [3.05, 3.63) is 22.4 Å². The summed E-state index contributed by atoms with van der Waals surface area (Å²) in [4.78, 5) is 14.4. The van der Waals surface area contributed by atoms with Crippen LogP contribution in [0.15, 0.2) is 16.8 Å². The minimum atomic E-state index is 0.0254. The van der Waals surface area contributed by atoms with Crippen LogP contribution in [0.2, 0.25) is 0 Å². The summed E-state index contributed by atoms with van der Waals surface area (Å²) in [6, 6.07) is 2.04. The molecule has 0 radical (unpaired) electrons. The van der Waals surface area contributed by atoms with Gasteiger partial charge in [-0.05, 0) is 54.0 Å². The average molecular weight is 323 g/mol. The Balaban J connectivity index is 1.47. The topological polar surface area (TPSA) is 38.8 Å². The summed E-state index contributed by atoms with van der Waals surface area (Å²) in [5.41, 5.74) is 1.16. The number of hydrogen-bond donors (Lipinski definition) is 0. The molecule has 0 N–H and O–H groups in total. The van der Waals surface area contributed by atoms with Gasteiger partial charge in [0.05, 0.1) is 18.6 Å². The molecule has 2 aliphatic rings. The number of likely N-dealkylation sites (tertiary alicyclic amines) is 1. The van der Waals surface area contributed by atoms with Crippen molar-refractivity contribution >= 4 is 17.2 Å². The molecule has 5 heteroatoms. The number of carbonyl (C=O) groups is 1. The van der Waals surface area contributed by atoms with Gasteiger partial charge in [-0.15, -0.1) is 0 Å². The summed E-state index contributed by atoms with van der Waals surface area (Å²) in [6.07, 6.45) is 4.70. The zero-order valence-corrected chi connectivity index (χ0v) is 14.1. The molecule has 1 aromatic rings. The number of methoxy groups -OCH3 is 1. The number of hydrogen-bond acceptors (Lipinski definition) is 4. The van der Waals surface area contributed by atoms with Gasteiger partial charge in [0.2, 0.25) is 5.91 Å². The lowest BCUT2D eigenvalue weighted by atomic mass is 9.84. The molecule has 1 atom stereocenters. The lowest BCUT2D eigenvalue weighted by Crippen LogP contribution is -2.46. The van der Waals surface area contributed by atoms with Gasteiger partial charge >= 0.3 is 0 Å². The number of rotatable bonds is 5. The molecule has 3 heterocycles. The molecule has 0 aromatic carbocycles. The molecule has 1 aromatic heterocycles. The molecule has 2 saturated heterocycles. The number of piperidine rings is 1. The monoisotopic (exact) mass is 323 g/mol. The lowest BCUT2D eigenvalue weighted by molar-refractivity contribution is -0.135. The van der Waals surface area contributed by atoms with Crippen molar-refractivity contribution in [3.8, 4) is 0 Å². The van der Waals surface area contributed by atoms with Crippen LogP contribution in [0, 0.1) is 5.92 Å². The Morgan fingerprint density at radius 2 is 2.32 bits per heavy atom. The number of carbonyl (C=O) groups excluding carboxylic acids is 1. The molecule has 1 spiro atoms. The Bertz CT molecular complexity index is 480. The van der Waals surface area contributed by atoms with Crippen LogP contribution in [-0.4, -0.2) is 49.8 Å². The SMILES string of the molecule is COCC[C@@H]1COC2(CCN(C(=O)Cc3ccsc3)CC2)C1. The molecular formula is C17H25NO3S. The Morgan fingerprint density at radius 3 is 3.00 bits per heavy atom. The maximum Gasteiger partial charge on any atom is 0.227 e. The van der Waals surface area contributed by atoms with E-state index in [-0.39, 0.29) is 11.5 Å². The van der Waals surface area contributed by atoms with E-state index in [1.54, 1.807) is 18.4 Å². The van der Waals surface area contributed by atoms with Gasteiger partial charge in [0, 0.05) is 26.8 Å². The maximum atomic E-state index is 12.3. The van der Waals surface area contributed by atoms with Crippen LogP contribution in [0.5, 0.6) is 0 Å². The van der Waals surface area contributed by atoms with Crippen LogP contribution in [-0.2, 0) is 20.7 Å². The Kier molecular flexibility index (Phi) is 5.16. The van der Waals surface area contributed by atoms with Gasteiger partial charge in [-0.3, -0.25) is 4.79 Å². The number of ether oxygens (including phenoxy) is 2.